The lowest BCUT2D eigenvalue weighted by molar-refractivity contribution is -0.143. The van der Waals surface area contributed by atoms with Gasteiger partial charge in [-0.05, 0) is 32.7 Å². The third kappa shape index (κ3) is 3.38. The van der Waals surface area contributed by atoms with Crippen LogP contribution in [0.25, 0.3) is 0 Å². The van der Waals surface area contributed by atoms with Crippen LogP contribution in [-0.2, 0) is 11.3 Å². The van der Waals surface area contributed by atoms with Crippen LogP contribution in [0.15, 0.2) is 5.38 Å². The molecule has 4 nitrogen and oxygen atoms in total. The van der Waals surface area contributed by atoms with Crippen molar-refractivity contribution in [1.29, 1.82) is 0 Å². The molecule has 1 atom stereocenters. The van der Waals surface area contributed by atoms with E-state index in [9.17, 15) is 4.79 Å². The van der Waals surface area contributed by atoms with Crippen LogP contribution in [0.5, 0.6) is 0 Å². The average Bonchev–Trinajstić information content (AvgIpc) is 2.84. The third-order valence-electron chi connectivity index (χ3n) is 4.07. The van der Waals surface area contributed by atoms with Crippen LogP contribution in [0.3, 0.4) is 0 Å². The molecule has 0 saturated carbocycles. The zero-order valence-electron chi connectivity index (χ0n) is 12.7. The van der Waals surface area contributed by atoms with Crippen molar-refractivity contribution in [2.24, 2.45) is 5.41 Å². The van der Waals surface area contributed by atoms with Gasteiger partial charge in [-0.1, -0.05) is 13.3 Å². The second kappa shape index (κ2) is 6.68. The lowest BCUT2D eigenvalue weighted by Crippen LogP contribution is -2.50. The monoisotopic (exact) mass is 295 g/mol. The number of piperidine rings is 1. The van der Waals surface area contributed by atoms with E-state index >= 15 is 0 Å². The number of aryl methyl sites for hydroxylation is 1. The fourth-order valence-electron chi connectivity index (χ4n) is 3.15. The number of hydrogen-bond acceptors (Lipinski definition) is 4. The quantitative estimate of drug-likeness (QED) is 0.908. The number of carbonyl (C=O) groups is 1. The molecule has 112 valence electrons. The molecule has 0 aliphatic carbocycles. The highest BCUT2D eigenvalue weighted by Crippen LogP contribution is 2.33. The number of aromatic nitrogens is 1. The fourth-order valence-corrected chi connectivity index (χ4v) is 3.75. The zero-order valence-corrected chi connectivity index (χ0v) is 13.6. The molecule has 1 aliphatic heterocycles. The SMILES string of the molecule is CCCC1(C(=O)N(C)Cc2csc(C)n2)CCCNC1. The van der Waals surface area contributed by atoms with Crippen LogP contribution in [0.1, 0.15) is 43.3 Å². The van der Waals surface area contributed by atoms with Crippen molar-refractivity contribution in [3.63, 3.8) is 0 Å². The van der Waals surface area contributed by atoms with E-state index in [1.807, 2.05) is 24.3 Å². The molecule has 1 unspecified atom stereocenters. The first kappa shape index (κ1) is 15.4. The number of nitrogens with zero attached hydrogens (tertiary/aromatic N) is 2. The van der Waals surface area contributed by atoms with Gasteiger partial charge in [0, 0.05) is 19.0 Å². The summed E-state index contributed by atoms with van der Waals surface area (Å²) in [5.74, 6) is 0.275. The maximum atomic E-state index is 12.9. The summed E-state index contributed by atoms with van der Waals surface area (Å²) in [5.41, 5.74) is 0.797. The molecular weight excluding hydrogens is 270 g/mol. The lowest BCUT2D eigenvalue weighted by atomic mass is 9.76. The van der Waals surface area contributed by atoms with E-state index in [4.69, 9.17) is 0 Å². The van der Waals surface area contributed by atoms with E-state index in [0.717, 1.165) is 49.5 Å². The molecule has 1 fully saturated rings. The van der Waals surface area contributed by atoms with E-state index in [1.54, 1.807) is 11.3 Å². The number of carbonyl (C=O) groups excluding carboxylic acids is 1. The highest BCUT2D eigenvalue weighted by Gasteiger charge is 2.40. The van der Waals surface area contributed by atoms with Gasteiger partial charge in [-0.15, -0.1) is 11.3 Å². The third-order valence-corrected chi connectivity index (χ3v) is 4.89. The van der Waals surface area contributed by atoms with Gasteiger partial charge in [0.1, 0.15) is 0 Å². The van der Waals surface area contributed by atoms with E-state index in [1.165, 1.54) is 0 Å². The maximum Gasteiger partial charge on any atom is 0.230 e. The van der Waals surface area contributed by atoms with Crippen molar-refractivity contribution in [2.75, 3.05) is 20.1 Å². The molecule has 20 heavy (non-hydrogen) atoms. The number of rotatable bonds is 5. The molecule has 0 radical (unpaired) electrons. The van der Waals surface area contributed by atoms with Crippen molar-refractivity contribution in [1.82, 2.24) is 15.2 Å². The minimum Gasteiger partial charge on any atom is -0.339 e. The Balaban J connectivity index is 2.06. The fraction of sp³-hybridized carbons (Fsp3) is 0.733. The summed E-state index contributed by atoms with van der Waals surface area (Å²) in [4.78, 5) is 19.2. The van der Waals surface area contributed by atoms with Crippen molar-refractivity contribution in [2.45, 2.75) is 46.1 Å². The van der Waals surface area contributed by atoms with Crippen LogP contribution < -0.4 is 5.32 Å². The summed E-state index contributed by atoms with van der Waals surface area (Å²) in [6, 6.07) is 0. The molecule has 5 heteroatoms. The van der Waals surface area contributed by atoms with E-state index in [0.29, 0.717) is 6.54 Å². The smallest absolute Gasteiger partial charge is 0.230 e. The van der Waals surface area contributed by atoms with Gasteiger partial charge in [0.05, 0.1) is 22.7 Å². The van der Waals surface area contributed by atoms with Gasteiger partial charge in [0.15, 0.2) is 0 Å². The first-order valence-corrected chi connectivity index (χ1v) is 8.32. The van der Waals surface area contributed by atoms with E-state index in [-0.39, 0.29) is 11.3 Å². The molecule has 1 N–H and O–H groups in total. The van der Waals surface area contributed by atoms with Crippen LogP contribution in [0, 0.1) is 12.3 Å². The van der Waals surface area contributed by atoms with E-state index < -0.39 is 0 Å². The van der Waals surface area contributed by atoms with Crippen LogP contribution in [0.4, 0.5) is 0 Å². The van der Waals surface area contributed by atoms with Crippen LogP contribution in [0.2, 0.25) is 0 Å². The molecule has 1 amide bonds. The molecule has 0 spiro atoms. The Bertz CT molecular complexity index is 446. The first-order chi connectivity index (χ1) is 9.57. The van der Waals surface area contributed by atoms with Crippen molar-refractivity contribution >= 4 is 17.2 Å². The zero-order chi connectivity index (χ0) is 14.6. The molecule has 1 aromatic rings. The summed E-state index contributed by atoms with van der Waals surface area (Å²) < 4.78 is 0. The highest BCUT2D eigenvalue weighted by molar-refractivity contribution is 7.09. The van der Waals surface area contributed by atoms with Crippen LogP contribution in [-0.4, -0.2) is 35.9 Å². The van der Waals surface area contributed by atoms with Crippen molar-refractivity contribution in [3.8, 4) is 0 Å². The lowest BCUT2D eigenvalue weighted by Gasteiger charge is -2.39. The van der Waals surface area contributed by atoms with Gasteiger partial charge < -0.3 is 10.2 Å². The van der Waals surface area contributed by atoms with Crippen LogP contribution >= 0.6 is 11.3 Å². The molecule has 0 bridgehead atoms. The van der Waals surface area contributed by atoms with Gasteiger partial charge in [0.2, 0.25) is 5.91 Å². The Kier molecular flexibility index (Phi) is 5.16. The summed E-state index contributed by atoms with van der Waals surface area (Å²) in [6.45, 7) is 6.63. The Hall–Kier alpha value is -0.940. The molecule has 1 aliphatic rings. The first-order valence-electron chi connectivity index (χ1n) is 7.45. The minimum atomic E-state index is -0.202. The summed E-state index contributed by atoms with van der Waals surface area (Å²) in [7, 11) is 1.91. The van der Waals surface area contributed by atoms with Gasteiger partial charge >= 0.3 is 0 Å². The van der Waals surface area contributed by atoms with Gasteiger partial charge in [-0.25, -0.2) is 4.98 Å². The van der Waals surface area contributed by atoms with Gasteiger partial charge in [0.25, 0.3) is 0 Å². The highest BCUT2D eigenvalue weighted by atomic mass is 32.1. The standard InChI is InChI=1S/C15H25N3OS/c1-4-6-15(7-5-8-16-11-15)14(19)18(3)9-13-10-20-12(2)17-13/h10,16H,4-9,11H2,1-3H3. The molecule has 1 saturated heterocycles. The Labute approximate surface area is 125 Å². The number of hydrogen-bond donors (Lipinski definition) is 1. The molecule has 1 aromatic heterocycles. The Morgan fingerprint density at radius 3 is 2.95 bits per heavy atom. The average molecular weight is 295 g/mol. The largest absolute Gasteiger partial charge is 0.339 e. The second-order valence-electron chi connectivity index (χ2n) is 5.83. The predicted molar refractivity (Wildman–Crippen MR) is 82.8 cm³/mol. The van der Waals surface area contributed by atoms with Gasteiger partial charge in [-0.3, -0.25) is 4.79 Å². The number of nitrogens with one attached hydrogen (secondary N) is 1. The van der Waals surface area contributed by atoms with Crippen molar-refractivity contribution in [3.05, 3.63) is 16.1 Å². The molecular formula is C15H25N3OS. The summed E-state index contributed by atoms with van der Waals surface area (Å²) >= 11 is 1.64. The molecule has 2 heterocycles. The molecule has 0 aromatic carbocycles. The van der Waals surface area contributed by atoms with Crippen molar-refractivity contribution < 1.29 is 4.79 Å². The Morgan fingerprint density at radius 2 is 2.40 bits per heavy atom. The maximum absolute atomic E-state index is 12.9. The Morgan fingerprint density at radius 1 is 1.60 bits per heavy atom. The van der Waals surface area contributed by atoms with Gasteiger partial charge in [-0.2, -0.15) is 0 Å². The summed E-state index contributed by atoms with van der Waals surface area (Å²) in [5, 5.41) is 6.51. The molecule has 2 rings (SSSR count). The second-order valence-corrected chi connectivity index (χ2v) is 6.89. The normalized spacial score (nSPS) is 22.8. The summed E-state index contributed by atoms with van der Waals surface area (Å²) in [6.07, 6.45) is 4.12. The predicted octanol–water partition coefficient (Wildman–Crippen LogP) is 2.58. The minimum absolute atomic E-state index is 0.202. The number of amides is 1. The topological polar surface area (TPSA) is 45.2 Å². The number of thiazole rings is 1. The van der Waals surface area contributed by atoms with E-state index in [2.05, 4.69) is 17.2 Å².